The molecule has 0 bridgehead atoms. The predicted octanol–water partition coefficient (Wildman–Crippen LogP) is 4.42. The van der Waals surface area contributed by atoms with Crippen LogP contribution in [0, 0.1) is 27.7 Å². The van der Waals surface area contributed by atoms with Crippen molar-refractivity contribution in [3.05, 3.63) is 52.6 Å². The molecule has 0 radical (unpaired) electrons. The van der Waals surface area contributed by atoms with Gasteiger partial charge in [-0.3, -0.25) is 0 Å². The van der Waals surface area contributed by atoms with Gasteiger partial charge in [-0.2, -0.15) is 0 Å². The quantitative estimate of drug-likeness (QED) is 0.844. The molecule has 2 rings (SSSR count). The molecule has 0 aromatic heterocycles. The van der Waals surface area contributed by atoms with E-state index in [1.54, 1.807) is 0 Å². The minimum Gasteiger partial charge on any atom is -0.507 e. The molecule has 0 aliphatic heterocycles. The van der Waals surface area contributed by atoms with Gasteiger partial charge in [0.25, 0.3) is 0 Å². The van der Waals surface area contributed by atoms with Crippen molar-refractivity contribution >= 4 is 0 Å². The lowest BCUT2D eigenvalue weighted by atomic mass is 9.98. The summed E-state index contributed by atoms with van der Waals surface area (Å²) >= 11 is 0. The highest BCUT2D eigenvalue weighted by Crippen LogP contribution is 2.38. The molecule has 0 atom stereocenters. The second kappa shape index (κ2) is 4.73. The van der Waals surface area contributed by atoms with Crippen molar-refractivity contribution in [1.82, 2.24) is 0 Å². The van der Waals surface area contributed by atoms with E-state index in [0.717, 1.165) is 33.8 Å². The molecule has 0 saturated heterocycles. The maximum atomic E-state index is 10.0. The fourth-order valence-electron chi connectivity index (χ4n) is 2.02. The minimum absolute atomic E-state index is 0.366. The van der Waals surface area contributed by atoms with Crippen molar-refractivity contribution in [3.63, 3.8) is 0 Å². The SMILES string of the molecule is Cc1c(C)c(Oc2ccccc2)c(C)c(C)c1O. The third-order valence-electron chi connectivity index (χ3n) is 3.48. The molecule has 2 heteroatoms. The Morgan fingerprint density at radius 2 is 1.28 bits per heavy atom. The van der Waals surface area contributed by atoms with Crippen molar-refractivity contribution in [2.45, 2.75) is 27.7 Å². The first kappa shape index (κ1) is 12.5. The van der Waals surface area contributed by atoms with Crippen molar-refractivity contribution in [2.24, 2.45) is 0 Å². The predicted molar refractivity (Wildman–Crippen MR) is 73.6 cm³/mol. The number of rotatable bonds is 2. The van der Waals surface area contributed by atoms with Crippen LogP contribution in [-0.2, 0) is 0 Å². The van der Waals surface area contributed by atoms with E-state index in [1.807, 2.05) is 58.0 Å². The number of para-hydroxylation sites is 1. The van der Waals surface area contributed by atoms with Gasteiger partial charge in [0.1, 0.15) is 17.2 Å². The second-order valence-electron chi connectivity index (χ2n) is 4.59. The Hall–Kier alpha value is -1.96. The number of phenolic OH excluding ortho intramolecular Hbond substituents is 1. The summed E-state index contributed by atoms with van der Waals surface area (Å²) in [5.41, 5.74) is 3.73. The van der Waals surface area contributed by atoms with E-state index in [9.17, 15) is 5.11 Å². The fraction of sp³-hybridized carbons (Fsp3) is 0.250. The number of hydrogen-bond acceptors (Lipinski definition) is 2. The van der Waals surface area contributed by atoms with Gasteiger partial charge in [0.05, 0.1) is 0 Å². The Morgan fingerprint density at radius 3 is 1.78 bits per heavy atom. The smallest absolute Gasteiger partial charge is 0.134 e. The maximum Gasteiger partial charge on any atom is 0.134 e. The molecule has 0 saturated carbocycles. The highest BCUT2D eigenvalue weighted by molar-refractivity contribution is 5.57. The summed E-state index contributed by atoms with van der Waals surface area (Å²) in [6, 6.07) is 9.70. The van der Waals surface area contributed by atoms with Crippen LogP contribution in [0.15, 0.2) is 30.3 Å². The third kappa shape index (κ3) is 2.06. The molecule has 18 heavy (non-hydrogen) atoms. The fourth-order valence-corrected chi connectivity index (χ4v) is 2.02. The van der Waals surface area contributed by atoms with Crippen LogP contribution in [0.3, 0.4) is 0 Å². The first-order valence-corrected chi connectivity index (χ1v) is 6.04. The molecular weight excluding hydrogens is 224 g/mol. The number of phenols is 1. The zero-order valence-electron chi connectivity index (χ0n) is 11.2. The van der Waals surface area contributed by atoms with Crippen LogP contribution >= 0.6 is 0 Å². The average Bonchev–Trinajstić information content (AvgIpc) is 2.40. The van der Waals surface area contributed by atoms with Gasteiger partial charge < -0.3 is 9.84 Å². The Morgan fingerprint density at radius 1 is 0.778 bits per heavy atom. The van der Waals surface area contributed by atoms with Crippen molar-refractivity contribution in [1.29, 1.82) is 0 Å². The van der Waals surface area contributed by atoms with E-state index in [4.69, 9.17) is 4.74 Å². The standard InChI is InChI=1S/C16H18O2/c1-10-12(3)16(13(4)11(2)15(10)17)18-14-8-6-5-7-9-14/h5-9,17H,1-4H3. The molecule has 1 N–H and O–H groups in total. The van der Waals surface area contributed by atoms with Crippen LogP contribution in [0.25, 0.3) is 0 Å². The van der Waals surface area contributed by atoms with Gasteiger partial charge in [0, 0.05) is 0 Å². The molecule has 2 aromatic carbocycles. The van der Waals surface area contributed by atoms with E-state index >= 15 is 0 Å². The zero-order valence-corrected chi connectivity index (χ0v) is 11.2. The largest absolute Gasteiger partial charge is 0.507 e. The summed E-state index contributed by atoms with van der Waals surface area (Å²) in [7, 11) is 0. The normalized spacial score (nSPS) is 10.4. The molecule has 0 fully saturated rings. The summed E-state index contributed by atoms with van der Waals surface area (Å²) in [5, 5.41) is 10.0. The summed E-state index contributed by atoms with van der Waals surface area (Å²) in [6.45, 7) is 7.77. The number of hydrogen-bond donors (Lipinski definition) is 1. The van der Waals surface area contributed by atoms with Crippen LogP contribution in [0.2, 0.25) is 0 Å². The van der Waals surface area contributed by atoms with Gasteiger partial charge in [-0.15, -0.1) is 0 Å². The lowest BCUT2D eigenvalue weighted by Crippen LogP contribution is -1.97. The highest BCUT2D eigenvalue weighted by Gasteiger charge is 2.15. The first-order chi connectivity index (χ1) is 8.52. The van der Waals surface area contributed by atoms with Gasteiger partial charge in [-0.05, 0) is 62.1 Å². The number of benzene rings is 2. The molecule has 0 unspecified atom stereocenters. The van der Waals surface area contributed by atoms with Crippen LogP contribution in [0.4, 0.5) is 0 Å². The van der Waals surface area contributed by atoms with Crippen molar-refractivity contribution in [3.8, 4) is 17.2 Å². The molecule has 94 valence electrons. The molecular formula is C16H18O2. The van der Waals surface area contributed by atoms with Crippen LogP contribution in [-0.4, -0.2) is 5.11 Å². The van der Waals surface area contributed by atoms with Crippen molar-refractivity contribution in [2.75, 3.05) is 0 Å². The Kier molecular flexibility index (Phi) is 3.28. The first-order valence-electron chi connectivity index (χ1n) is 6.04. The van der Waals surface area contributed by atoms with Gasteiger partial charge in [-0.25, -0.2) is 0 Å². The van der Waals surface area contributed by atoms with Crippen LogP contribution < -0.4 is 4.74 Å². The molecule has 0 amide bonds. The molecule has 2 nitrogen and oxygen atoms in total. The van der Waals surface area contributed by atoms with E-state index in [2.05, 4.69) is 0 Å². The molecule has 0 heterocycles. The highest BCUT2D eigenvalue weighted by atomic mass is 16.5. The average molecular weight is 242 g/mol. The monoisotopic (exact) mass is 242 g/mol. The van der Waals surface area contributed by atoms with Crippen LogP contribution in [0.1, 0.15) is 22.3 Å². The Balaban J connectivity index is 2.52. The molecule has 0 spiro atoms. The molecule has 2 aromatic rings. The second-order valence-corrected chi connectivity index (χ2v) is 4.59. The lowest BCUT2D eigenvalue weighted by molar-refractivity contribution is 0.451. The minimum atomic E-state index is 0.366. The molecule has 0 aliphatic rings. The van der Waals surface area contributed by atoms with E-state index in [0.29, 0.717) is 5.75 Å². The number of aromatic hydroxyl groups is 1. The topological polar surface area (TPSA) is 29.5 Å². The summed E-state index contributed by atoms with van der Waals surface area (Å²) < 4.78 is 5.95. The summed E-state index contributed by atoms with van der Waals surface area (Å²) in [6.07, 6.45) is 0. The van der Waals surface area contributed by atoms with Crippen molar-refractivity contribution < 1.29 is 9.84 Å². The zero-order chi connectivity index (χ0) is 13.3. The van der Waals surface area contributed by atoms with E-state index < -0.39 is 0 Å². The van der Waals surface area contributed by atoms with E-state index in [1.165, 1.54) is 0 Å². The van der Waals surface area contributed by atoms with Crippen LogP contribution in [0.5, 0.6) is 17.2 Å². The third-order valence-corrected chi connectivity index (χ3v) is 3.48. The Bertz CT molecular complexity index is 542. The van der Waals surface area contributed by atoms with E-state index in [-0.39, 0.29) is 0 Å². The maximum absolute atomic E-state index is 10.0. The van der Waals surface area contributed by atoms with Gasteiger partial charge in [-0.1, -0.05) is 18.2 Å². The Labute approximate surface area is 108 Å². The summed E-state index contributed by atoms with van der Waals surface area (Å²) in [5.74, 6) is 2.02. The van der Waals surface area contributed by atoms with Gasteiger partial charge >= 0.3 is 0 Å². The van der Waals surface area contributed by atoms with Gasteiger partial charge in [0.15, 0.2) is 0 Å². The van der Waals surface area contributed by atoms with Gasteiger partial charge in [0.2, 0.25) is 0 Å². The summed E-state index contributed by atoms with van der Waals surface area (Å²) in [4.78, 5) is 0. The molecule has 0 aliphatic carbocycles. The number of ether oxygens (including phenoxy) is 1. The lowest BCUT2D eigenvalue weighted by Gasteiger charge is -2.17.